The predicted octanol–water partition coefficient (Wildman–Crippen LogP) is 2.69. The number of hydrogen-bond donors (Lipinski definition) is 1. The number of hydrogen-bond acceptors (Lipinski definition) is 3. The van der Waals surface area contributed by atoms with Gasteiger partial charge in [-0.15, -0.1) is 0 Å². The Morgan fingerprint density at radius 3 is 2.71 bits per heavy atom. The summed E-state index contributed by atoms with van der Waals surface area (Å²) in [6.07, 6.45) is 0.167. The number of fused-ring (bicyclic) bond motifs is 1. The van der Waals surface area contributed by atoms with Crippen molar-refractivity contribution in [2.24, 2.45) is 0 Å². The summed E-state index contributed by atoms with van der Waals surface area (Å²) < 4.78 is 0. The van der Waals surface area contributed by atoms with Crippen LogP contribution in [0.4, 0.5) is 0 Å². The normalized spacial score (nSPS) is 12.4. The first-order chi connectivity index (χ1) is 9.88. The van der Waals surface area contributed by atoms with Gasteiger partial charge < -0.3 is 10.0 Å². The zero-order valence-corrected chi connectivity index (χ0v) is 13.1. The molecule has 0 aliphatic heterocycles. The fourth-order valence-corrected chi connectivity index (χ4v) is 2.28. The summed E-state index contributed by atoms with van der Waals surface area (Å²) in [5.41, 5.74) is 3.43. The molecule has 0 aliphatic rings. The largest absolute Gasteiger partial charge is 0.393 e. The van der Waals surface area contributed by atoms with Crippen LogP contribution in [0.2, 0.25) is 0 Å². The van der Waals surface area contributed by atoms with E-state index in [0.29, 0.717) is 18.5 Å². The van der Waals surface area contributed by atoms with E-state index in [1.807, 2.05) is 38.1 Å². The Hall–Kier alpha value is -1.94. The van der Waals surface area contributed by atoms with Gasteiger partial charge in [0.25, 0.3) is 5.91 Å². The number of pyridine rings is 1. The second kappa shape index (κ2) is 6.22. The smallest absolute Gasteiger partial charge is 0.255 e. The van der Waals surface area contributed by atoms with Crippen LogP contribution in [0.15, 0.2) is 24.3 Å². The van der Waals surface area contributed by atoms with Gasteiger partial charge in [-0.1, -0.05) is 12.1 Å². The van der Waals surface area contributed by atoms with Crippen molar-refractivity contribution in [1.29, 1.82) is 0 Å². The van der Waals surface area contributed by atoms with Gasteiger partial charge in [-0.25, -0.2) is 0 Å². The van der Waals surface area contributed by atoms with Gasteiger partial charge in [-0.3, -0.25) is 9.78 Å². The Labute approximate surface area is 125 Å². The minimum absolute atomic E-state index is 0.0527. The monoisotopic (exact) mass is 286 g/mol. The van der Waals surface area contributed by atoms with Crippen molar-refractivity contribution in [1.82, 2.24) is 9.88 Å². The van der Waals surface area contributed by atoms with Crippen LogP contribution in [-0.4, -0.2) is 40.6 Å². The maximum absolute atomic E-state index is 12.5. The topological polar surface area (TPSA) is 53.4 Å². The molecule has 0 radical (unpaired) electrons. The molecule has 1 atom stereocenters. The van der Waals surface area contributed by atoms with E-state index in [-0.39, 0.29) is 5.91 Å². The standard InChI is InChI=1S/C17H22N2O2/c1-11-5-6-14-10-15(13(3)18-16(14)9-11)17(21)19(4)8-7-12(2)20/h5-6,9-10,12,20H,7-8H2,1-4H3. The summed E-state index contributed by atoms with van der Waals surface area (Å²) in [7, 11) is 1.75. The van der Waals surface area contributed by atoms with Crippen molar-refractivity contribution in [3.8, 4) is 0 Å². The van der Waals surface area contributed by atoms with Crippen molar-refractivity contribution in [3.63, 3.8) is 0 Å². The van der Waals surface area contributed by atoms with Crippen LogP contribution in [-0.2, 0) is 0 Å². The molecule has 4 nitrogen and oxygen atoms in total. The highest BCUT2D eigenvalue weighted by molar-refractivity contribution is 5.98. The van der Waals surface area contributed by atoms with Crippen LogP contribution < -0.4 is 0 Å². The van der Waals surface area contributed by atoms with Gasteiger partial charge in [0.15, 0.2) is 0 Å². The number of aliphatic hydroxyl groups is 1. The number of aryl methyl sites for hydroxylation is 2. The lowest BCUT2D eigenvalue weighted by molar-refractivity contribution is 0.0768. The Morgan fingerprint density at radius 1 is 1.33 bits per heavy atom. The molecule has 2 aromatic rings. The fraction of sp³-hybridized carbons (Fsp3) is 0.412. The number of aliphatic hydroxyl groups excluding tert-OH is 1. The van der Waals surface area contributed by atoms with E-state index < -0.39 is 6.10 Å². The Balaban J connectivity index is 2.30. The second-order valence-corrected chi connectivity index (χ2v) is 5.68. The van der Waals surface area contributed by atoms with Crippen molar-refractivity contribution in [3.05, 3.63) is 41.1 Å². The van der Waals surface area contributed by atoms with Crippen LogP contribution in [0, 0.1) is 13.8 Å². The first kappa shape index (κ1) is 15.4. The number of benzene rings is 1. The maximum atomic E-state index is 12.5. The van der Waals surface area contributed by atoms with E-state index in [1.165, 1.54) is 0 Å². The summed E-state index contributed by atoms with van der Waals surface area (Å²) in [4.78, 5) is 18.7. The molecule has 0 saturated heterocycles. The van der Waals surface area contributed by atoms with Crippen LogP contribution in [0.1, 0.15) is 35.0 Å². The molecule has 1 aromatic carbocycles. The van der Waals surface area contributed by atoms with Gasteiger partial charge in [0.05, 0.1) is 22.9 Å². The number of aromatic nitrogens is 1. The summed E-state index contributed by atoms with van der Waals surface area (Å²) in [6, 6.07) is 7.93. The Morgan fingerprint density at radius 2 is 2.05 bits per heavy atom. The molecule has 21 heavy (non-hydrogen) atoms. The average molecular weight is 286 g/mol. The zero-order chi connectivity index (χ0) is 15.6. The van der Waals surface area contributed by atoms with Crippen molar-refractivity contribution >= 4 is 16.8 Å². The van der Waals surface area contributed by atoms with E-state index in [0.717, 1.165) is 22.2 Å². The lowest BCUT2D eigenvalue weighted by Gasteiger charge is -2.19. The van der Waals surface area contributed by atoms with Crippen LogP contribution in [0.3, 0.4) is 0 Å². The number of amides is 1. The third kappa shape index (κ3) is 3.58. The summed E-state index contributed by atoms with van der Waals surface area (Å²) in [5.74, 6) is -0.0527. The number of rotatable bonds is 4. The highest BCUT2D eigenvalue weighted by atomic mass is 16.3. The molecule has 0 saturated carbocycles. The van der Waals surface area contributed by atoms with Gasteiger partial charge in [0.2, 0.25) is 0 Å². The summed E-state index contributed by atoms with van der Waals surface area (Å²) in [5, 5.41) is 10.3. The molecular formula is C17H22N2O2. The number of nitrogens with zero attached hydrogens (tertiary/aromatic N) is 2. The van der Waals surface area contributed by atoms with Gasteiger partial charge >= 0.3 is 0 Å². The van der Waals surface area contributed by atoms with Crippen LogP contribution >= 0.6 is 0 Å². The van der Waals surface area contributed by atoms with E-state index in [9.17, 15) is 9.90 Å². The van der Waals surface area contributed by atoms with Crippen LogP contribution in [0.25, 0.3) is 10.9 Å². The van der Waals surface area contributed by atoms with Crippen molar-refractivity contribution in [2.45, 2.75) is 33.3 Å². The predicted molar refractivity (Wildman–Crippen MR) is 84.5 cm³/mol. The maximum Gasteiger partial charge on any atom is 0.255 e. The number of carbonyl (C=O) groups excluding carboxylic acids is 1. The van der Waals surface area contributed by atoms with E-state index >= 15 is 0 Å². The van der Waals surface area contributed by atoms with Crippen molar-refractivity contribution < 1.29 is 9.90 Å². The lowest BCUT2D eigenvalue weighted by atomic mass is 10.1. The molecular weight excluding hydrogens is 264 g/mol. The minimum atomic E-state index is -0.404. The third-order valence-electron chi connectivity index (χ3n) is 3.62. The third-order valence-corrected chi connectivity index (χ3v) is 3.62. The highest BCUT2D eigenvalue weighted by Crippen LogP contribution is 2.19. The zero-order valence-electron chi connectivity index (χ0n) is 13.1. The lowest BCUT2D eigenvalue weighted by Crippen LogP contribution is -2.30. The molecule has 0 spiro atoms. The molecule has 0 aliphatic carbocycles. The summed E-state index contributed by atoms with van der Waals surface area (Å²) >= 11 is 0. The van der Waals surface area contributed by atoms with E-state index in [4.69, 9.17) is 0 Å². The minimum Gasteiger partial charge on any atom is -0.393 e. The second-order valence-electron chi connectivity index (χ2n) is 5.68. The molecule has 1 amide bonds. The van der Waals surface area contributed by atoms with Crippen molar-refractivity contribution in [2.75, 3.05) is 13.6 Å². The SMILES string of the molecule is Cc1ccc2cc(C(=O)N(C)CCC(C)O)c(C)nc2c1. The quantitative estimate of drug-likeness (QED) is 0.940. The fourth-order valence-electron chi connectivity index (χ4n) is 2.28. The van der Waals surface area contributed by atoms with Gasteiger partial charge in [0, 0.05) is 19.0 Å². The van der Waals surface area contributed by atoms with Crippen LogP contribution in [0.5, 0.6) is 0 Å². The van der Waals surface area contributed by atoms with E-state index in [1.54, 1.807) is 18.9 Å². The average Bonchev–Trinajstić information content (AvgIpc) is 2.43. The molecule has 112 valence electrons. The molecule has 0 bridgehead atoms. The molecule has 2 rings (SSSR count). The molecule has 1 heterocycles. The Kier molecular flexibility index (Phi) is 4.58. The van der Waals surface area contributed by atoms with Gasteiger partial charge in [0.1, 0.15) is 0 Å². The molecule has 0 fully saturated rings. The first-order valence-corrected chi connectivity index (χ1v) is 7.20. The molecule has 1 unspecified atom stereocenters. The van der Waals surface area contributed by atoms with Gasteiger partial charge in [-0.2, -0.15) is 0 Å². The molecule has 4 heteroatoms. The highest BCUT2D eigenvalue weighted by Gasteiger charge is 2.16. The first-order valence-electron chi connectivity index (χ1n) is 7.20. The van der Waals surface area contributed by atoms with Gasteiger partial charge in [-0.05, 0) is 44.9 Å². The molecule has 1 N–H and O–H groups in total. The Bertz CT molecular complexity index is 665. The van der Waals surface area contributed by atoms with E-state index in [2.05, 4.69) is 4.98 Å². The number of carbonyl (C=O) groups is 1. The molecule has 1 aromatic heterocycles. The summed E-state index contributed by atoms with van der Waals surface area (Å²) in [6.45, 7) is 6.14.